The number of benzene rings is 2. The molecular weight excluding hydrogens is 462 g/mol. The number of piperidine rings is 1. The van der Waals surface area contributed by atoms with Crippen molar-refractivity contribution in [1.82, 2.24) is 9.88 Å². The normalized spacial score (nSPS) is 18.2. The van der Waals surface area contributed by atoms with Crippen molar-refractivity contribution in [3.8, 4) is 16.9 Å². The first-order valence-corrected chi connectivity index (χ1v) is 11.0. The Morgan fingerprint density at radius 3 is 2.63 bits per heavy atom. The summed E-state index contributed by atoms with van der Waals surface area (Å²) in [7, 11) is 0. The van der Waals surface area contributed by atoms with Gasteiger partial charge in [-0.2, -0.15) is 5.26 Å². The van der Waals surface area contributed by atoms with Gasteiger partial charge in [-0.15, -0.1) is 0 Å². The van der Waals surface area contributed by atoms with Gasteiger partial charge in [-0.25, -0.2) is 13.6 Å². The number of amides is 1. The Morgan fingerprint density at radius 2 is 1.91 bits per heavy atom. The average Bonchev–Trinajstić information content (AvgIpc) is 2.83. The van der Waals surface area contributed by atoms with Crippen molar-refractivity contribution in [3.63, 3.8) is 0 Å². The molecule has 2 heterocycles. The van der Waals surface area contributed by atoms with E-state index in [1.807, 2.05) is 31.2 Å². The highest BCUT2D eigenvalue weighted by atomic mass is 19.3. The summed E-state index contributed by atoms with van der Waals surface area (Å²) in [6.45, 7) is 2.14. The fourth-order valence-electron chi connectivity index (χ4n) is 4.42. The van der Waals surface area contributed by atoms with Crippen LogP contribution in [-0.2, 0) is 14.5 Å². The average molecular weight is 486 g/mol. The monoisotopic (exact) mass is 486 g/mol. The van der Waals surface area contributed by atoms with Crippen molar-refractivity contribution >= 4 is 22.6 Å². The quantitative estimate of drug-likeness (QED) is 0.420. The zero-order chi connectivity index (χ0) is 25.3. The number of rotatable bonds is 5. The first-order chi connectivity index (χ1) is 16.6. The minimum absolute atomic E-state index is 0.209. The standard InChI is InChI=1S/C25H24F2N2O6/c1-14-5-3-4-6-18(14)21-11-28-22(30)20-9-17(7-8-19(20)21)34-15(2)23(31)29-12-16(24(32)35-33)10-25(26,27)13-29/h3-9,11,15-16,33H,10,12-13H2,1-2H3,(H,28,30)/t15?,16-/m0/s1. The topological polar surface area (TPSA) is 109 Å². The van der Waals surface area contributed by atoms with E-state index in [9.17, 15) is 23.2 Å². The smallest absolute Gasteiger partial charge is 0.347 e. The molecule has 10 heteroatoms. The van der Waals surface area contributed by atoms with Crippen LogP contribution in [0.3, 0.4) is 0 Å². The van der Waals surface area contributed by atoms with Gasteiger partial charge in [0.1, 0.15) is 5.75 Å². The molecule has 184 valence electrons. The molecule has 1 aliphatic rings. The van der Waals surface area contributed by atoms with Crippen LogP contribution in [0.2, 0.25) is 0 Å². The number of aryl methyl sites for hydroxylation is 1. The number of H-pyrrole nitrogens is 1. The molecule has 1 aliphatic heterocycles. The minimum atomic E-state index is -3.32. The minimum Gasteiger partial charge on any atom is -0.481 e. The van der Waals surface area contributed by atoms with Gasteiger partial charge >= 0.3 is 5.97 Å². The van der Waals surface area contributed by atoms with Crippen molar-refractivity contribution in [3.05, 3.63) is 64.6 Å². The van der Waals surface area contributed by atoms with Crippen LogP contribution < -0.4 is 10.3 Å². The maximum absolute atomic E-state index is 14.1. The number of ether oxygens (including phenoxy) is 1. The number of fused-ring (bicyclic) bond motifs is 1. The lowest BCUT2D eigenvalue weighted by Gasteiger charge is -2.37. The highest BCUT2D eigenvalue weighted by molar-refractivity contribution is 5.97. The molecule has 1 amide bonds. The maximum Gasteiger partial charge on any atom is 0.347 e. The molecule has 35 heavy (non-hydrogen) atoms. The van der Waals surface area contributed by atoms with E-state index in [2.05, 4.69) is 9.87 Å². The second-order valence-electron chi connectivity index (χ2n) is 8.70. The highest BCUT2D eigenvalue weighted by Gasteiger charge is 2.46. The number of halogens is 2. The van der Waals surface area contributed by atoms with E-state index in [-0.39, 0.29) is 17.9 Å². The van der Waals surface area contributed by atoms with Crippen LogP contribution in [0.1, 0.15) is 18.9 Å². The Balaban J connectivity index is 1.58. The second kappa shape index (κ2) is 9.46. The molecule has 1 fully saturated rings. The van der Waals surface area contributed by atoms with Crippen LogP contribution in [0.5, 0.6) is 5.75 Å². The number of aromatic amines is 1. The van der Waals surface area contributed by atoms with Gasteiger partial charge in [-0.3, -0.25) is 9.59 Å². The second-order valence-corrected chi connectivity index (χ2v) is 8.70. The third-order valence-electron chi connectivity index (χ3n) is 6.11. The molecule has 1 saturated heterocycles. The summed E-state index contributed by atoms with van der Waals surface area (Å²) in [5, 5.41) is 9.59. The first-order valence-electron chi connectivity index (χ1n) is 11.0. The Morgan fingerprint density at radius 1 is 1.17 bits per heavy atom. The van der Waals surface area contributed by atoms with Gasteiger partial charge < -0.3 is 19.5 Å². The van der Waals surface area contributed by atoms with E-state index < -0.39 is 42.8 Å². The largest absolute Gasteiger partial charge is 0.481 e. The zero-order valence-electron chi connectivity index (χ0n) is 19.1. The summed E-state index contributed by atoms with van der Waals surface area (Å²) < 4.78 is 33.9. The number of carbonyl (C=O) groups excluding carboxylic acids is 2. The lowest BCUT2D eigenvalue weighted by Crippen LogP contribution is -2.54. The van der Waals surface area contributed by atoms with E-state index in [0.717, 1.165) is 21.6 Å². The summed E-state index contributed by atoms with van der Waals surface area (Å²) in [4.78, 5) is 44.1. The summed E-state index contributed by atoms with van der Waals surface area (Å²) in [6.07, 6.45) is -0.364. The third-order valence-corrected chi connectivity index (χ3v) is 6.11. The van der Waals surface area contributed by atoms with Crippen LogP contribution in [0.4, 0.5) is 8.78 Å². The third kappa shape index (κ3) is 5.02. The van der Waals surface area contributed by atoms with Crippen molar-refractivity contribution in [2.45, 2.75) is 32.3 Å². The Bertz CT molecular complexity index is 1340. The number of hydrogen-bond acceptors (Lipinski definition) is 6. The number of carbonyl (C=O) groups is 2. The predicted molar refractivity (Wildman–Crippen MR) is 123 cm³/mol. The van der Waals surface area contributed by atoms with Crippen LogP contribution in [-0.4, -0.2) is 52.1 Å². The summed E-state index contributed by atoms with van der Waals surface area (Å²) in [5.41, 5.74) is 2.46. The van der Waals surface area contributed by atoms with Crippen LogP contribution in [0.25, 0.3) is 21.9 Å². The fourth-order valence-corrected chi connectivity index (χ4v) is 4.42. The van der Waals surface area contributed by atoms with E-state index in [0.29, 0.717) is 10.8 Å². The van der Waals surface area contributed by atoms with Gasteiger partial charge in [0, 0.05) is 24.7 Å². The molecule has 0 radical (unpaired) electrons. The number of alkyl halides is 2. The number of pyridine rings is 1. The Kier molecular flexibility index (Phi) is 6.58. The SMILES string of the molecule is Cc1ccccc1-c1c[nH]c(=O)c2cc(OC(C)C(=O)N3C[C@@H](C(=O)OO)CC(F)(F)C3)ccc12. The van der Waals surface area contributed by atoms with E-state index in [4.69, 9.17) is 9.99 Å². The number of likely N-dealkylation sites (tertiary alicyclic amines) is 1. The summed E-state index contributed by atoms with van der Waals surface area (Å²) in [6, 6.07) is 12.5. The van der Waals surface area contributed by atoms with Crippen molar-refractivity contribution < 1.29 is 33.3 Å². The van der Waals surface area contributed by atoms with Gasteiger partial charge in [0.15, 0.2) is 6.10 Å². The number of hydrogen-bond donors (Lipinski definition) is 2. The number of aromatic nitrogens is 1. The lowest BCUT2D eigenvalue weighted by molar-refractivity contribution is -0.243. The predicted octanol–water partition coefficient (Wildman–Crippen LogP) is 3.77. The number of nitrogens with one attached hydrogen (secondary N) is 1. The maximum atomic E-state index is 14.1. The molecule has 0 bridgehead atoms. The van der Waals surface area contributed by atoms with E-state index in [1.54, 1.807) is 18.3 Å². The Hall–Kier alpha value is -3.79. The zero-order valence-corrected chi connectivity index (χ0v) is 19.1. The number of nitrogens with zero attached hydrogens (tertiary/aromatic N) is 1. The van der Waals surface area contributed by atoms with Gasteiger partial charge in [-0.1, -0.05) is 24.3 Å². The highest BCUT2D eigenvalue weighted by Crippen LogP contribution is 2.33. The van der Waals surface area contributed by atoms with E-state index in [1.165, 1.54) is 13.0 Å². The summed E-state index contributed by atoms with van der Waals surface area (Å²) in [5.74, 6) is -6.47. The van der Waals surface area contributed by atoms with Crippen LogP contribution >= 0.6 is 0 Å². The van der Waals surface area contributed by atoms with E-state index >= 15 is 0 Å². The molecule has 0 aliphatic carbocycles. The molecule has 2 aromatic carbocycles. The van der Waals surface area contributed by atoms with Gasteiger partial charge in [0.2, 0.25) is 0 Å². The molecule has 8 nitrogen and oxygen atoms in total. The molecule has 2 atom stereocenters. The van der Waals surface area contributed by atoms with Crippen molar-refractivity contribution in [2.24, 2.45) is 5.92 Å². The molecule has 0 spiro atoms. The molecule has 1 aromatic heterocycles. The van der Waals surface area contributed by atoms with Gasteiger partial charge in [0.05, 0.1) is 17.8 Å². The first kappa shape index (κ1) is 24.3. The molecule has 2 N–H and O–H groups in total. The Labute approximate surface area is 199 Å². The molecular formula is C25H24F2N2O6. The van der Waals surface area contributed by atoms with Crippen LogP contribution in [0.15, 0.2) is 53.5 Å². The summed E-state index contributed by atoms with van der Waals surface area (Å²) >= 11 is 0. The van der Waals surface area contributed by atoms with Crippen molar-refractivity contribution in [1.29, 1.82) is 0 Å². The molecule has 1 unspecified atom stereocenters. The fraction of sp³-hybridized carbons (Fsp3) is 0.320. The van der Waals surface area contributed by atoms with Gasteiger partial charge in [0.25, 0.3) is 17.4 Å². The van der Waals surface area contributed by atoms with Crippen LogP contribution in [0, 0.1) is 12.8 Å². The van der Waals surface area contributed by atoms with Gasteiger partial charge in [-0.05, 0) is 48.6 Å². The lowest BCUT2D eigenvalue weighted by atomic mass is 9.95. The molecule has 0 saturated carbocycles. The molecule has 4 rings (SSSR count). The molecule has 3 aromatic rings. The van der Waals surface area contributed by atoms with Crippen molar-refractivity contribution in [2.75, 3.05) is 13.1 Å².